The van der Waals surface area contributed by atoms with Crippen LogP contribution in [0, 0.1) is 13.8 Å². The van der Waals surface area contributed by atoms with Crippen molar-refractivity contribution in [3.8, 4) is 0 Å². The molecule has 19 heavy (non-hydrogen) atoms. The molecule has 0 radical (unpaired) electrons. The average Bonchev–Trinajstić information content (AvgIpc) is 2.89. The van der Waals surface area contributed by atoms with Crippen LogP contribution in [-0.4, -0.2) is 5.78 Å². The van der Waals surface area contributed by atoms with Gasteiger partial charge in [0.2, 0.25) is 0 Å². The first-order chi connectivity index (χ1) is 9.01. The molecule has 4 heteroatoms. The topological polar surface area (TPSA) is 43.4 Å². The minimum atomic E-state index is 0.289. The van der Waals surface area contributed by atoms with Gasteiger partial charge in [-0.15, -0.1) is 0 Å². The number of aryl methyl sites for hydroxylation is 2. The Morgan fingerprint density at radius 1 is 1.11 bits per heavy atom. The van der Waals surface area contributed by atoms with Gasteiger partial charge in [0.15, 0.2) is 0 Å². The van der Waals surface area contributed by atoms with Gasteiger partial charge < -0.3 is 13.6 Å². The highest BCUT2D eigenvalue weighted by molar-refractivity contribution is 7.99. The molecule has 0 aliphatic carbocycles. The molecule has 0 amide bonds. The van der Waals surface area contributed by atoms with E-state index in [2.05, 4.69) is 0 Å². The third-order valence-electron chi connectivity index (χ3n) is 2.25. The molecule has 0 aliphatic heterocycles. The van der Waals surface area contributed by atoms with Gasteiger partial charge in [0.1, 0.15) is 29.8 Å². The zero-order valence-corrected chi connectivity index (χ0v) is 12.7. The van der Waals surface area contributed by atoms with Gasteiger partial charge in [0, 0.05) is 6.42 Å². The monoisotopic (exact) mass is 280 g/mol. The molecule has 0 saturated heterocycles. The van der Waals surface area contributed by atoms with Crippen LogP contribution in [0.3, 0.4) is 0 Å². The van der Waals surface area contributed by atoms with Gasteiger partial charge in [-0.05, 0) is 39.3 Å². The summed E-state index contributed by atoms with van der Waals surface area (Å²) in [6.07, 6.45) is 5.22. The van der Waals surface area contributed by atoms with E-state index in [4.69, 9.17) is 8.83 Å². The number of carbonyl (C=O) groups excluding carboxylic acids is 1. The van der Waals surface area contributed by atoms with Crippen LogP contribution in [0.4, 0.5) is 0 Å². The van der Waals surface area contributed by atoms with E-state index in [0.29, 0.717) is 0 Å². The zero-order valence-electron chi connectivity index (χ0n) is 11.9. The Balaban J connectivity index is 0.000000258. The summed E-state index contributed by atoms with van der Waals surface area (Å²) in [5.74, 6) is 2.16. The number of rotatable bonds is 4. The fraction of sp³-hybridized carbons (Fsp3) is 0.400. The predicted octanol–water partition coefficient (Wildman–Crippen LogP) is 5.02. The molecule has 0 atom stereocenters. The van der Waals surface area contributed by atoms with Gasteiger partial charge in [-0.3, -0.25) is 0 Å². The summed E-state index contributed by atoms with van der Waals surface area (Å²) in [5, 5.41) is 0. The SMILES string of the molecule is CCCC(C)=O.Cc1cc(Sc2coc(C)c2)co1. The Bertz CT molecular complexity index is 473. The smallest absolute Gasteiger partial charge is 0.129 e. The second-order valence-electron chi connectivity index (χ2n) is 4.34. The number of Topliss-reactive ketones (excluding diaryl/α,β-unsaturated/α-hetero) is 1. The quantitative estimate of drug-likeness (QED) is 0.789. The molecule has 0 spiro atoms. The first-order valence-electron chi connectivity index (χ1n) is 6.28. The van der Waals surface area contributed by atoms with Crippen molar-refractivity contribution in [1.29, 1.82) is 0 Å². The Morgan fingerprint density at radius 3 is 1.79 bits per heavy atom. The largest absolute Gasteiger partial charge is 0.468 e. The van der Waals surface area contributed by atoms with Gasteiger partial charge in [0.25, 0.3) is 0 Å². The molecule has 0 saturated carbocycles. The third-order valence-corrected chi connectivity index (χ3v) is 3.15. The summed E-state index contributed by atoms with van der Waals surface area (Å²) in [4.78, 5) is 12.3. The highest BCUT2D eigenvalue weighted by atomic mass is 32.2. The number of ketones is 1. The second kappa shape index (κ2) is 7.89. The predicted molar refractivity (Wildman–Crippen MR) is 76.6 cm³/mol. The lowest BCUT2D eigenvalue weighted by Gasteiger charge is -1.88. The summed E-state index contributed by atoms with van der Waals surface area (Å²) in [5.41, 5.74) is 0. The summed E-state index contributed by atoms with van der Waals surface area (Å²) in [6.45, 7) is 7.49. The van der Waals surface area contributed by atoms with Gasteiger partial charge in [0.05, 0.1) is 9.79 Å². The molecule has 0 bridgehead atoms. The van der Waals surface area contributed by atoms with Crippen molar-refractivity contribution in [2.45, 2.75) is 50.3 Å². The molecule has 0 aromatic carbocycles. The molecular formula is C15H20O3S. The normalized spacial score (nSPS) is 9.89. The van der Waals surface area contributed by atoms with Crippen molar-refractivity contribution in [2.24, 2.45) is 0 Å². The highest BCUT2D eigenvalue weighted by Gasteiger charge is 2.02. The molecule has 0 N–H and O–H groups in total. The first kappa shape index (κ1) is 15.6. The van der Waals surface area contributed by atoms with Crippen LogP contribution < -0.4 is 0 Å². The Labute approximate surface area is 118 Å². The van der Waals surface area contributed by atoms with Crippen molar-refractivity contribution in [2.75, 3.05) is 0 Å². The molecule has 2 heterocycles. The molecule has 2 aromatic rings. The Morgan fingerprint density at radius 2 is 1.58 bits per heavy atom. The lowest BCUT2D eigenvalue weighted by atomic mass is 10.3. The molecule has 0 aliphatic rings. The van der Waals surface area contributed by atoms with Gasteiger partial charge in [-0.2, -0.15) is 0 Å². The Kier molecular flexibility index (Phi) is 6.50. The Hall–Kier alpha value is -1.42. The van der Waals surface area contributed by atoms with E-state index in [0.717, 1.165) is 34.2 Å². The van der Waals surface area contributed by atoms with Crippen LogP contribution in [0.15, 0.2) is 43.3 Å². The fourth-order valence-electron chi connectivity index (χ4n) is 1.43. The van der Waals surface area contributed by atoms with E-state index in [1.807, 2.05) is 32.9 Å². The minimum Gasteiger partial charge on any atom is -0.468 e. The van der Waals surface area contributed by atoms with E-state index in [-0.39, 0.29) is 5.78 Å². The van der Waals surface area contributed by atoms with Crippen molar-refractivity contribution < 1.29 is 13.6 Å². The third kappa shape index (κ3) is 6.34. The number of hydrogen-bond donors (Lipinski definition) is 0. The van der Waals surface area contributed by atoms with Gasteiger partial charge in [-0.1, -0.05) is 18.7 Å². The van der Waals surface area contributed by atoms with Gasteiger partial charge in [-0.25, -0.2) is 0 Å². The van der Waals surface area contributed by atoms with Crippen molar-refractivity contribution in [3.63, 3.8) is 0 Å². The average molecular weight is 280 g/mol. The van der Waals surface area contributed by atoms with Crippen molar-refractivity contribution in [3.05, 3.63) is 36.2 Å². The van der Waals surface area contributed by atoms with E-state index in [9.17, 15) is 4.79 Å². The zero-order chi connectivity index (χ0) is 14.3. The van der Waals surface area contributed by atoms with E-state index >= 15 is 0 Å². The van der Waals surface area contributed by atoms with E-state index in [1.54, 1.807) is 31.2 Å². The fourth-order valence-corrected chi connectivity index (χ4v) is 2.35. The molecule has 0 fully saturated rings. The molecule has 3 nitrogen and oxygen atoms in total. The maximum atomic E-state index is 10.0. The van der Waals surface area contributed by atoms with Crippen LogP contribution in [0.5, 0.6) is 0 Å². The summed E-state index contributed by atoms with van der Waals surface area (Å²) >= 11 is 1.64. The minimum absolute atomic E-state index is 0.289. The lowest BCUT2D eigenvalue weighted by Crippen LogP contribution is -1.84. The number of carbonyl (C=O) groups is 1. The van der Waals surface area contributed by atoms with E-state index < -0.39 is 0 Å². The number of hydrogen-bond acceptors (Lipinski definition) is 4. The lowest BCUT2D eigenvalue weighted by molar-refractivity contribution is -0.117. The molecule has 2 aromatic heterocycles. The second-order valence-corrected chi connectivity index (χ2v) is 5.49. The molecule has 104 valence electrons. The highest BCUT2D eigenvalue weighted by Crippen LogP contribution is 2.30. The molecular weight excluding hydrogens is 260 g/mol. The van der Waals surface area contributed by atoms with Crippen LogP contribution in [0.1, 0.15) is 38.2 Å². The van der Waals surface area contributed by atoms with Crippen molar-refractivity contribution >= 4 is 17.5 Å². The van der Waals surface area contributed by atoms with Crippen LogP contribution in [0.25, 0.3) is 0 Å². The van der Waals surface area contributed by atoms with Crippen LogP contribution >= 0.6 is 11.8 Å². The summed E-state index contributed by atoms with van der Waals surface area (Å²) < 4.78 is 10.4. The van der Waals surface area contributed by atoms with Crippen molar-refractivity contribution in [1.82, 2.24) is 0 Å². The summed E-state index contributed by atoms with van der Waals surface area (Å²) in [6, 6.07) is 4.01. The summed E-state index contributed by atoms with van der Waals surface area (Å²) in [7, 11) is 0. The molecule has 0 unspecified atom stereocenters. The van der Waals surface area contributed by atoms with E-state index in [1.165, 1.54) is 0 Å². The van der Waals surface area contributed by atoms with Gasteiger partial charge >= 0.3 is 0 Å². The van der Waals surface area contributed by atoms with Crippen LogP contribution in [0.2, 0.25) is 0 Å². The number of furan rings is 2. The standard InChI is InChI=1S/C10H10O2S.C5H10O/c1-7-3-9(5-11-7)13-10-4-8(2)12-6-10;1-3-4-5(2)6/h3-6H,1-2H3;3-4H2,1-2H3. The first-order valence-corrected chi connectivity index (χ1v) is 7.10. The maximum absolute atomic E-state index is 10.0. The maximum Gasteiger partial charge on any atom is 0.129 e. The molecule has 2 rings (SSSR count). The van der Waals surface area contributed by atoms with Crippen LogP contribution in [-0.2, 0) is 4.79 Å².